The zero-order valence-electron chi connectivity index (χ0n) is 10.6. The maximum absolute atomic E-state index is 5.35. The summed E-state index contributed by atoms with van der Waals surface area (Å²) in [5.41, 5.74) is 1.27. The molecule has 0 spiro atoms. The Bertz CT molecular complexity index is 467. The van der Waals surface area contributed by atoms with Crippen LogP contribution in [0.1, 0.15) is 63.9 Å². The smallest absolute Gasteiger partial charge is 0.144 e. The Morgan fingerprint density at radius 2 is 1.88 bits per heavy atom. The molecule has 94 valence electrons. The monoisotopic (exact) mass is 314 g/mol. The first kappa shape index (κ1) is 13.2. The first-order valence-corrected chi connectivity index (χ1v) is 7.40. The predicted octanol–water partition coefficient (Wildman–Crippen LogP) is 4.86. The van der Waals surface area contributed by atoms with Crippen molar-refractivity contribution in [2.45, 2.75) is 57.8 Å². The van der Waals surface area contributed by atoms with Gasteiger partial charge in [0.05, 0.1) is 4.47 Å². The standard InChI is InChI=1S/C13H19BrN2S/c1-13(2,3)12-15-10(8-6-4-5-7-8)9(14)11(17)16-12/h8H,4-7H2,1-3H3,(H,15,16,17). The molecule has 1 heterocycles. The largest absolute Gasteiger partial charge is 0.345 e. The van der Waals surface area contributed by atoms with E-state index >= 15 is 0 Å². The van der Waals surface area contributed by atoms with Gasteiger partial charge in [0, 0.05) is 17.0 Å². The molecule has 0 saturated heterocycles. The third kappa shape index (κ3) is 2.79. The van der Waals surface area contributed by atoms with Gasteiger partial charge in [-0.2, -0.15) is 0 Å². The van der Waals surface area contributed by atoms with E-state index in [0.717, 1.165) is 10.3 Å². The fourth-order valence-electron chi connectivity index (χ4n) is 2.33. The average molecular weight is 315 g/mol. The van der Waals surface area contributed by atoms with Gasteiger partial charge < -0.3 is 4.98 Å². The second kappa shape index (κ2) is 4.81. The Morgan fingerprint density at radius 1 is 1.29 bits per heavy atom. The molecule has 2 rings (SSSR count). The van der Waals surface area contributed by atoms with E-state index < -0.39 is 0 Å². The molecule has 0 unspecified atom stereocenters. The molecule has 1 N–H and O–H groups in total. The van der Waals surface area contributed by atoms with Gasteiger partial charge >= 0.3 is 0 Å². The fourth-order valence-corrected chi connectivity index (χ4v) is 3.04. The van der Waals surface area contributed by atoms with Crippen LogP contribution >= 0.6 is 28.1 Å². The summed E-state index contributed by atoms with van der Waals surface area (Å²) in [5.74, 6) is 1.61. The minimum Gasteiger partial charge on any atom is -0.345 e. The van der Waals surface area contributed by atoms with Crippen molar-refractivity contribution in [1.82, 2.24) is 9.97 Å². The number of H-pyrrole nitrogens is 1. The van der Waals surface area contributed by atoms with Gasteiger partial charge in [-0.05, 0) is 28.8 Å². The van der Waals surface area contributed by atoms with Gasteiger partial charge in [-0.15, -0.1) is 0 Å². The van der Waals surface area contributed by atoms with Crippen molar-refractivity contribution in [3.8, 4) is 0 Å². The number of aromatic amines is 1. The molecule has 0 radical (unpaired) electrons. The van der Waals surface area contributed by atoms with Crippen LogP contribution in [0.5, 0.6) is 0 Å². The van der Waals surface area contributed by atoms with Crippen molar-refractivity contribution < 1.29 is 0 Å². The van der Waals surface area contributed by atoms with Crippen LogP contribution in [0.15, 0.2) is 4.47 Å². The minimum atomic E-state index is 0.0155. The average Bonchev–Trinajstić information content (AvgIpc) is 2.73. The number of rotatable bonds is 1. The zero-order valence-corrected chi connectivity index (χ0v) is 13.0. The molecule has 0 aromatic carbocycles. The molecule has 1 aromatic heterocycles. The van der Waals surface area contributed by atoms with Crippen LogP contribution in [-0.4, -0.2) is 9.97 Å². The van der Waals surface area contributed by atoms with Gasteiger partial charge in [0.25, 0.3) is 0 Å². The Kier molecular flexibility index (Phi) is 3.74. The highest BCUT2D eigenvalue weighted by Gasteiger charge is 2.24. The number of nitrogens with zero attached hydrogens (tertiary/aromatic N) is 1. The van der Waals surface area contributed by atoms with Gasteiger partial charge in [0.1, 0.15) is 10.5 Å². The molecule has 0 bridgehead atoms. The molecule has 1 fully saturated rings. The third-order valence-corrected chi connectivity index (χ3v) is 4.73. The number of halogens is 1. The molecule has 1 aromatic rings. The van der Waals surface area contributed by atoms with Crippen LogP contribution in [0, 0.1) is 4.64 Å². The van der Waals surface area contributed by atoms with Crippen molar-refractivity contribution in [1.29, 1.82) is 0 Å². The van der Waals surface area contributed by atoms with Crippen molar-refractivity contribution in [2.75, 3.05) is 0 Å². The van der Waals surface area contributed by atoms with Crippen molar-refractivity contribution in [2.24, 2.45) is 0 Å². The highest BCUT2D eigenvalue weighted by molar-refractivity contribution is 9.10. The summed E-state index contributed by atoms with van der Waals surface area (Å²) in [6, 6.07) is 0. The summed E-state index contributed by atoms with van der Waals surface area (Å²) in [6.45, 7) is 6.48. The van der Waals surface area contributed by atoms with E-state index in [4.69, 9.17) is 12.2 Å². The summed E-state index contributed by atoms with van der Waals surface area (Å²) in [4.78, 5) is 8.00. The Morgan fingerprint density at radius 3 is 2.41 bits per heavy atom. The molecule has 1 aliphatic rings. The Labute approximate surface area is 116 Å². The number of aromatic nitrogens is 2. The van der Waals surface area contributed by atoms with Gasteiger partial charge in [-0.1, -0.05) is 45.8 Å². The lowest BCUT2D eigenvalue weighted by atomic mass is 9.95. The number of nitrogens with one attached hydrogen (secondary N) is 1. The first-order chi connectivity index (χ1) is 7.89. The van der Waals surface area contributed by atoms with E-state index in [1.807, 2.05) is 0 Å². The lowest BCUT2D eigenvalue weighted by Crippen LogP contribution is -2.18. The van der Waals surface area contributed by atoms with Gasteiger partial charge in [0.15, 0.2) is 0 Å². The predicted molar refractivity (Wildman–Crippen MR) is 77.0 cm³/mol. The molecule has 17 heavy (non-hydrogen) atoms. The van der Waals surface area contributed by atoms with Crippen LogP contribution in [-0.2, 0) is 5.41 Å². The Hall–Kier alpha value is -0.220. The molecule has 4 heteroatoms. The molecular formula is C13H19BrN2S. The molecule has 2 nitrogen and oxygen atoms in total. The lowest BCUT2D eigenvalue weighted by Gasteiger charge is -2.21. The third-order valence-electron chi connectivity index (χ3n) is 3.36. The maximum Gasteiger partial charge on any atom is 0.144 e. The second-order valence-corrected chi connectivity index (χ2v) is 7.03. The maximum atomic E-state index is 5.35. The molecule has 0 aliphatic heterocycles. The number of hydrogen-bond acceptors (Lipinski definition) is 2. The van der Waals surface area contributed by atoms with E-state index in [-0.39, 0.29) is 5.41 Å². The summed E-state index contributed by atoms with van der Waals surface area (Å²) in [6.07, 6.45) is 5.17. The first-order valence-electron chi connectivity index (χ1n) is 6.20. The fraction of sp³-hybridized carbons (Fsp3) is 0.692. The van der Waals surface area contributed by atoms with Crippen LogP contribution < -0.4 is 0 Å². The highest BCUT2D eigenvalue weighted by atomic mass is 79.9. The quantitative estimate of drug-likeness (QED) is 0.750. The van der Waals surface area contributed by atoms with Crippen molar-refractivity contribution in [3.63, 3.8) is 0 Å². The number of hydrogen-bond donors (Lipinski definition) is 1. The minimum absolute atomic E-state index is 0.0155. The van der Waals surface area contributed by atoms with Gasteiger partial charge in [-0.3, -0.25) is 0 Å². The van der Waals surface area contributed by atoms with Crippen molar-refractivity contribution in [3.05, 3.63) is 20.6 Å². The normalized spacial score (nSPS) is 17.6. The zero-order chi connectivity index (χ0) is 12.6. The molecule has 0 amide bonds. The summed E-state index contributed by atoms with van der Waals surface area (Å²) in [5, 5.41) is 0. The van der Waals surface area contributed by atoms with Crippen LogP contribution in [0.3, 0.4) is 0 Å². The van der Waals surface area contributed by atoms with Crippen LogP contribution in [0.2, 0.25) is 0 Å². The van der Waals surface area contributed by atoms with Crippen LogP contribution in [0.4, 0.5) is 0 Å². The molecule has 0 atom stereocenters. The second-order valence-electron chi connectivity index (χ2n) is 5.85. The molecule has 1 aliphatic carbocycles. The van der Waals surface area contributed by atoms with Crippen molar-refractivity contribution >= 4 is 28.1 Å². The summed E-state index contributed by atoms with van der Waals surface area (Å²) in [7, 11) is 0. The lowest BCUT2D eigenvalue weighted by molar-refractivity contribution is 0.532. The summed E-state index contributed by atoms with van der Waals surface area (Å²) < 4.78 is 1.68. The van der Waals surface area contributed by atoms with E-state index in [1.54, 1.807) is 0 Å². The Balaban J connectivity index is 2.50. The van der Waals surface area contributed by atoms with E-state index in [9.17, 15) is 0 Å². The van der Waals surface area contributed by atoms with Gasteiger partial charge in [0.2, 0.25) is 0 Å². The molecular weight excluding hydrogens is 296 g/mol. The van der Waals surface area contributed by atoms with E-state index in [0.29, 0.717) is 10.6 Å². The SMILES string of the molecule is CC(C)(C)c1nc(=S)c(Br)c(C2CCCC2)[nH]1. The molecule has 1 saturated carbocycles. The summed E-state index contributed by atoms with van der Waals surface area (Å²) >= 11 is 8.95. The van der Waals surface area contributed by atoms with Crippen LogP contribution in [0.25, 0.3) is 0 Å². The van der Waals surface area contributed by atoms with E-state index in [1.165, 1.54) is 31.4 Å². The highest BCUT2D eigenvalue weighted by Crippen LogP contribution is 2.37. The van der Waals surface area contributed by atoms with E-state index in [2.05, 4.69) is 46.7 Å². The van der Waals surface area contributed by atoms with Gasteiger partial charge in [-0.25, -0.2) is 4.98 Å². The topological polar surface area (TPSA) is 28.7 Å².